The van der Waals surface area contributed by atoms with Crippen LogP contribution in [0.25, 0.3) is 11.3 Å². The molecule has 89 heavy (non-hydrogen) atoms. The number of carbonyl (C=O) groups excluding carboxylic acids is 4. The summed E-state index contributed by atoms with van der Waals surface area (Å²) in [5, 5.41) is 67.6. The predicted molar refractivity (Wildman–Crippen MR) is 314 cm³/mol. The molecule has 3 aliphatic rings. The Morgan fingerprint density at radius 2 is 1.30 bits per heavy atom. The fraction of sp³-hybridized carbons (Fsp3) is 0.500. The standard InChI is InChI=1S/C62H78N6O21/c1-61(2,3)89-60(78)64-20-23-80-25-27-82-29-31-84-33-32-83-30-28-81-26-24-79-21-18-54(73)63-19-5-4-6-49(68-38-48(66-67-68)40-9-7-39(8-10-40)17-22-85-59-51(72)37-50(71)55(87-59)57(75)76)56(74)65-41-11-14-45-44(34-41)58(77)88-62(45)46-15-12-42(69)35-52(46)86-53-36-43(70)13-16-47(53)62/h7-16,34-36,38,49-51,55,59,69-72H,4-6,17-33,37H2,1-3H3,(H,63,73)(H,64,78)(H,65,74)(H,75,76)/t49-,50-,51?,55-,59+/m0/s1. The van der Waals surface area contributed by atoms with Crippen molar-refractivity contribution in [1.82, 2.24) is 25.6 Å². The summed E-state index contributed by atoms with van der Waals surface area (Å²) in [5.41, 5.74) is 1.73. The average Bonchev–Trinajstić information content (AvgIpc) is 1.63. The number of hydrogen-bond acceptors (Lipinski definition) is 22. The van der Waals surface area contributed by atoms with Crippen molar-refractivity contribution in [3.63, 3.8) is 0 Å². The van der Waals surface area contributed by atoms with Gasteiger partial charge in [0.1, 0.15) is 46.4 Å². The maximum atomic E-state index is 14.5. The summed E-state index contributed by atoms with van der Waals surface area (Å²) >= 11 is 0. The number of unbranched alkanes of at least 4 members (excludes halogenated alkanes) is 1. The van der Waals surface area contributed by atoms with E-state index in [2.05, 4.69) is 26.3 Å². The van der Waals surface area contributed by atoms with Crippen LogP contribution in [-0.2, 0) is 73.8 Å². The number of ether oxygens (including phenoxy) is 11. The number of phenols is 2. The van der Waals surface area contributed by atoms with Crippen molar-refractivity contribution >= 4 is 35.5 Å². The molecule has 3 amide bonds. The highest BCUT2D eigenvalue weighted by Crippen LogP contribution is 2.57. The van der Waals surface area contributed by atoms with Crippen LogP contribution >= 0.6 is 0 Å². The van der Waals surface area contributed by atoms with E-state index in [4.69, 9.17) is 52.1 Å². The molecule has 4 heterocycles. The number of alkyl carbamates (subject to hydrolysis) is 1. The molecule has 1 aromatic heterocycles. The summed E-state index contributed by atoms with van der Waals surface area (Å²) in [5.74, 6) is -2.43. The Balaban J connectivity index is 0.769. The van der Waals surface area contributed by atoms with E-state index in [1.807, 2.05) is 24.3 Å². The summed E-state index contributed by atoms with van der Waals surface area (Å²) in [6.07, 6.45) is -2.58. The Hall–Kier alpha value is -7.83. The van der Waals surface area contributed by atoms with Gasteiger partial charge in [-0.3, -0.25) is 9.59 Å². The summed E-state index contributed by atoms with van der Waals surface area (Å²) in [7, 11) is 0. The van der Waals surface area contributed by atoms with Gasteiger partial charge >= 0.3 is 18.0 Å². The van der Waals surface area contributed by atoms with Crippen molar-refractivity contribution in [2.45, 2.75) is 101 Å². The number of rotatable bonds is 35. The number of nitrogens with one attached hydrogen (secondary N) is 3. The minimum absolute atomic E-state index is 0.0836. The lowest BCUT2D eigenvalue weighted by atomic mass is 9.77. The number of hydrogen-bond donors (Lipinski definition) is 8. The zero-order valence-corrected chi connectivity index (χ0v) is 49.9. The van der Waals surface area contributed by atoms with Crippen LogP contribution in [0.2, 0.25) is 0 Å². The van der Waals surface area contributed by atoms with Gasteiger partial charge in [-0.25, -0.2) is 19.1 Å². The van der Waals surface area contributed by atoms with Crippen LogP contribution in [0, 0.1) is 0 Å². The lowest BCUT2D eigenvalue weighted by Crippen LogP contribution is -2.51. The number of nitrogens with zero attached hydrogens (tertiary/aromatic N) is 3. The van der Waals surface area contributed by atoms with E-state index < -0.39 is 65.8 Å². The molecule has 1 spiro atoms. The number of esters is 1. The molecule has 27 heteroatoms. The van der Waals surface area contributed by atoms with Gasteiger partial charge < -0.3 is 93.6 Å². The molecule has 27 nitrogen and oxygen atoms in total. The van der Waals surface area contributed by atoms with Crippen LogP contribution in [0.3, 0.4) is 0 Å². The average molecular weight is 1240 g/mol. The first-order valence-electron chi connectivity index (χ1n) is 29.5. The second-order valence-corrected chi connectivity index (χ2v) is 22.0. The van der Waals surface area contributed by atoms with Crippen molar-refractivity contribution < 1.29 is 102 Å². The number of benzene rings is 4. The molecule has 8 rings (SSSR count). The molecule has 482 valence electrons. The second-order valence-electron chi connectivity index (χ2n) is 22.0. The molecule has 0 saturated carbocycles. The largest absolute Gasteiger partial charge is 0.508 e. The highest BCUT2D eigenvalue weighted by Gasteiger charge is 2.54. The van der Waals surface area contributed by atoms with E-state index in [1.54, 1.807) is 51.2 Å². The zero-order chi connectivity index (χ0) is 63.3. The summed E-state index contributed by atoms with van der Waals surface area (Å²) in [6, 6.07) is 20.2. The van der Waals surface area contributed by atoms with Gasteiger partial charge in [-0.1, -0.05) is 35.5 Å². The maximum Gasteiger partial charge on any atom is 0.407 e. The van der Waals surface area contributed by atoms with Gasteiger partial charge in [0.25, 0.3) is 0 Å². The Morgan fingerprint density at radius 3 is 1.91 bits per heavy atom. The molecule has 0 aliphatic carbocycles. The number of aromatic hydroxyl groups is 2. The lowest BCUT2D eigenvalue weighted by Gasteiger charge is -2.36. The summed E-state index contributed by atoms with van der Waals surface area (Å²) in [6.45, 7) is 10.4. The number of aliphatic hydroxyl groups is 2. The number of carbonyl (C=O) groups is 5. The van der Waals surface area contributed by atoms with E-state index in [1.165, 1.54) is 35.0 Å². The molecule has 1 fully saturated rings. The molecule has 8 N–H and O–H groups in total. The van der Waals surface area contributed by atoms with Crippen LogP contribution in [0.1, 0.15) is 91.5 Å². The molecule has 0 bridgehead atoms. The number of aromatic nitrogens is 3. The number of aliphatic hydroxyl groups excluding tert-OH is 2. The molecule has 1 unspecified atom stereocenters. The van der Waals surface area contributed by atoms with Crippen LogP contribution in [0.15, 0.2) is 85.1 Å². The number of amides is 3. The number of aliphatic carboxylic acids is 1. The maximum absolute atomic E-state index is 14.5. The van der Waals surface area contributed by atoms with E-state index >= 15 is 0 Å². The first-order chi connectivity index (χ1) is 42.9. The minimum Gasteiger partial charge on any atom is -0.508 e. The molecule has 5 atom stereocenters. The van der Waals surface area contributed by atoms with E-state index in [0.29, 0.717) is 133 Å². The first-order valence-corrected chi connectivity index (χ1v) is 29.5. The fourth-order valence-electron chi connectivity index (χ4n) is 9.95. The number of carboxylic acids is 1. The van der Waals surface area contributed by atoms with Gasteiger partial charge in [-0.05, 0) is 88.4 Å². The normalized spacial score (nSPS) is 17.6. The van der Waals surface area contributed by atoms with Crippen LogP contribution in [-0.4, -0.2) is 200 Å². The van der Waals surface area contributed by atoms with Crippen LogP contribution in [0.4, 0.5) is 10.5 Å². The molecular weight excluding hydrogens is 1160 g/mol. The molecular formula is C62H78N6O21. The van der Waals surface area contributed by atoms with Gasteiger partial charge in [0.05, 0.1) is 104 Å². The Morgan fingerprint density at radius 1 is 0.708 bits per heavy atom. The second kappa shape index (κ2) is 32.6. The quantitative estimate of drug-likeness (QED) is 0.0198. The smallest absolute Gasteiger partial charge is 0.407 e. The van der Waals surface area contributed by atoms with Gasteiger partial charge in [-0.2, -0.15) is 0 Å². The van der Waals surface area contributed by atoms with Crippen molar-refractivity contribution in [2.75, 3.05) is 104 Å². The van der Waals surface area contributed by atoms with Crippen molar-refractivity contribution in [3.05, 3.63) is 113 Å². The number of carboxylic acid groups (broad SMARTS) is 1. The van der Waals surface area contributed by atoms with Crippen molar-refractivity contribution in [3.8, 4) is 34.3 Å². The van der Waals surface area contributed by atoms with Crippen molar-refractivity contribution in [2.24, 2.45) is 0 Å². The SMILES string of the molecule is CC(C)(C)OC(=O)NCCOCCOCCOCCOCCOCCOCCC(=O)NCCCC[C@@H](C(=O)Nc1ccc2c(c1)C(=O)OC21c2ccc(O)cc2Oc2cc(O)ccc21)n1cc(-c2ccc(CCO[C@@H]3O[C@H](C(=O)O)[C@@H](O)CC3O)cc2)nn1. The molecule has 4 aromatic carbocycles. The minimum atomic E-state index is -1.52. The third-order valence-electron chi connectivity index (χ3n) is 14.2. The number of anilines is 1. The van der Waals surface area contributed by atoms with Gasteiger partial charge in [-0.15, -0.1) is 5.10 Å². The van der Waals surface area contributed by atoms with E-state index in [9.17, 15) is 49.5 Å². The molecule has 5 aromatic rings. The predicted octanol–water partition coefficient (Wildman–Crippen LogP) is 4.89. The van der Waals surface area contributed by atoms with Gasteiger partial charge in [0.2, 0.25) is 11.8 Å². The van der Waals surface area contributed by atoms with Gasteiger partial charge in [0.15, 0.2) is 18.0 Å². The summed E-state index contributed by atoms with van der Waals surface area (Å²) < 4.78 is 62.9. The van der Waals surface area contributed by atoms with Crippen LogP contribution < -0.4 is 20.7 Å². The Labute approximate surface area is 513 Å². The summed E-state index contributed by atoms with van der Waals surface area (Å²) in [4.78, 5) is 64.2. The monoisotopic (exact) mass is 1240 g/mol. The Kier molecular flexibility index (Phi) is 24.6. The molecule has 3 aliphatic heterocycles. The highest BCUT2D eigenvalue weighted by molar-refractivity contribution is 6.00. The molecule has 1 saturated heterocycles. The first kappa shape index (κ1) is 67.1. The third-order valence-corrected chi connectivity index (χ3v) is 14.2. The highest BCUT2D eigenvalue weighted by atomic mass is 16.7. The Bertz CT molecular complexity index is 3100. The van der Waals surface area contributed by atoms with E-state index in [0.717, 1.165) is 5.56 Å². The fourth-order valence-corrected chi connectivity index (χ4v) is 9.95. The molecule has 0 radical (unpaired) electrons. The topological polar surface area (TPSA) is 355 Å². The van der Waals surface area contributed by atoms with Gasteiger partial charge in [0, 0.05) is 66.0 Å². The van der Waals surface area contributed by atoms with Crippen LogP contribution in [0.5, 0.6) is 23.0 Å². The van der Waals surface area contributed by atoms with E-state index in [-0.39, 0.29) is 72.6 Å². The van der Waals surface area contributed by atoms with Crippen molar-refractivity contribution in [1.29, 1.82) is 0 Å². The zero-order valence-electron chi connectivity index (χ0n) is 49.9. The number of phenolic OH excluding ortho intramolecular Hbond substituents is 2. The third kappa shape index (κ3) is 19.1. The lowest BCUT2D eigenvalue weighted by molar-refractivity contribution is -0.264. The number of fused-ring (bicyclic) bond motifs is 6.